The molecule has 1 saturated carbocycles. The molecule has 3 amide bonds. The molecule has 2 atom stereocenters. The molecule has 40 heavy (non-hydrogen) atoms. The van der Waals surface area contributed by atoms with Crippen molar-refractivity contribution in [3.63, 3.8) is 0 Å². The number of carbonyl (C=O) groups is 2. The molecule has 1 aliphatic carbocycles. The van der Waals surface area contributed by atoms with Gasteiger partial charge in [-0.05, 0) is 70.3 Å². The van der Waals surface area contributed by atoms with Crippen LogP contribution in [0, 0.1) is 5.92 Å². The fraction of sp³-hybridized carbons (Fsp3) is 0.571. The third-order valence-corrected chi connectivity index (χ3v) is 7.45. The number of piperazine rings is 1. The number of hydrogen-bond donors (Lipinski definition) is 3. The maximum absolute atomic E-state index is 13.9. The molecular formula is C28H38F3N7O2. The van der Waals surface area contributed by atoms with E-state index in [4.69, 9.17) is 0 Å². The highest BCUT2D eigenvalue weighted by Crippen LogP contribution is 2.35. The van der Waals surface area contributed by atoms with E-state index in [1.165, 1.54) is 0 Å². The lowest BCUT2D eigenvalue weighted by molar-refractivity contribution is -0.138. The SMILES string of the molecule is CC(C)NC(=O)N[C@H]1CCCC[C@H]1Cc1nc(Nc2ccc(C(=O)N3CCN(C)CC3)cc2)ncc1C(F)(F)F. The van der Waals surface area contributed by atoms with E-state index in [1.54, 1.807) is 24.3 Å². The molecule has 218 valence electrons. The molecule has 4 rings (SSSR count). The number of benzene rings is 1. The predicted molar refractivity (Wildman–Crippen MR) is 146 cm³/mol. The molecule has 1 aromatic heterocycles. The standard InChI is InChI=1S/C28H38F3N7O2/c1-18(2)33-27(40)36-23-7-5-4-6-20(23)16-24-22(28(29,30)31)17-32-26(35-24)34-21-10-8-19(9-11-21)25(39)38-14-12-37(3)13-15-38/h8-11,17-18,20,23H,4-7,12-16H2,1-3H3,(H,32,34,35)(H2,33,36,40)/t20-,23-/m0/s1. The van der Waals surface area contributed by atoms with Crippen LogP contribution in [-0.4, -0.2) is 77.0 Å². The van der Waals surface area contributed by atoms with Crippen molar-refractivity contribution in [1.29, 1.82) is 0 Å². The number of anilines is 2. The van der Waals surface area contributed by atoms with Gasteiger partial charge in [0.2, 0.25) is 5.95 Å². The Labute approximate surface area is 232 Å². The van der Waals surface area contributed by atoms with Crippen LogP contribution < -0.4 is 16.0 Å². The Morgan fingerprint density at radius 1 is 1.05 bits per heavy atom. The summed E-state index contributed by atoms with van der Waals surface area (Å²) in [5, 5.41) is 8.71. The van der Waals surface area contributed by atoms with Gasteiger partial charge in [0.05, 0.1) is 11.3 Å². The normalized spacial score (nSPS) is 20.3. The lowest BCUT2D eigenvalue weighted by Gasteiger charge is -2.33. The molecule has 1 saturated heterocycles. The second-order valence-electron chi connectivity index (χ2n) is 11.0. The lowest BCUT2D eigenvalue weighted by atomic mass is 9.81. The number of rotatable bonds is 7. The Morgan fingerprint density at radius 3 is 2.38 bits per heavy atom. The average Bonchev–Trinajstić information content (AvgIpc) is 2.89. The minimum absolute atomic E-state index is 0.0408. The molecule has 2 aliphatic rings. The van der Waals surface area contributed by atoms with Gasteiger partial charge < -0.3 is 25.8 Å². The zero-order valence-electron chi connectivity index (χ0n) is 23.2. The highest BCUT2D eigenvalue weighted by molar-refractivity contribution is 5.94. The third kappa shape index (κ3) is 7.83. The lowest BCUT2D eigenvalue weighted by Crippen LogP contribution is -2.49. The summed E-state index contributed by atoms with van der Waals surface area (Å²) in [6.07, 6.45) is -0.549. The first-order valence-electron chi connectivity index (χ1n) is 13.8. The van der Waals surface area contributed by atoms with Crippen molar-refractivity contribution in [2.75, 3.05) is 38.5 Å². The maximum Gasteiger partial charge on any atom is 0.419 e. The van der Waals surface area contributed by atoms with E-state index in [9.17, 15) is 22.8 Å². The highest BCUT2D eigenvalue weighted by atomic mass is 19.4. The van der Waals surface area contributed by atoms with Crippen molar-refractivity contribution in [1.82, 2.24) is 30.4 Å². The third-order valence-electron chi connectivity index (χ3n) is 7.45. The Morgan fingerprint density at radius 2 is 1.73 bits per heavy atom. The van der Waals surface area contributed by atoms with Gasteiger partial charge in [0, 0.05) is 55.7 Å². The molecule has 0 spiro atoms. The van der Waals surface area contributed by atoms with Crippen molar-refractivity contribution >= 4 is 23.6 Å². The molecule has 0 unspecified atom stereocenters. The molecular weight excluding hydrogens is 523 g/mol. The molecule has 12 heteroatoms. The van der Waals surface area contributed by atoms with Crippen molar-refractivity contribution in [2.24, 2.45) is 5.92 Å². The molecule has 3 N–H and O–H groups in total. The van der Waals surface area contributed by atoms with Crippen molar-refractivity contribution < 1.29 is 22.8 Å². The van der Waals surface area contributed by atoms with Gasteiger partial charge in [0.1, 0.15) is 0 Å². The Balaban J connectivity index is 1.48. The summed E-state index contributed by atoms with van der Waals surface area (Å²) in [5.41, 5.74) is 0.127. The number of alkyl halides is 3. The number of amides is 3. The van der Waals surface area contributed by atoms with Gasteiger partial charge >= 0.3 is 12.2 Å². The van der Waals surface area contributed by atoms with Gasteiger partial charge in [-0.2, -0.15) is 13.2 Å². The summed E-state index contributed by atoms with van der Waals surface area (Å²) in [6.45, 7) is 6.67. The van der Waals surface area contributed by atoms with Gasteiger partial charge in [-0.3, -0.25) is 4.79 Å². The van der Waals surface area contributed by atoms with Gasteiger partial charge in [0.15, 0.2) is 0 Å². The molecule has 1 aliphatic heterocycles. The minimum atomic E-state index is -4.61. The van der Waals surface area contributed by atoms with Crippen LogP contribution in [0.5, 0.6) is 0 Å². The summed E-state index contributed by atoms with van der Waals surface area (Å²) in [4.78, 5) is 37.3. The van der Waals surface area contributed by atoms with E-state index in [1.807, 2.05) is 25.8 Å². The largest absolute Gasteiger partial charge is 0.419 e. The molecule has 9 nitrogen and oxygen atoms in total. The second kappa shape index (κ2) is 12.8. The number of halogens is 3. The van der Waals surface area contributed by atoms with Crippen LogP contribution in [0.2, 0.25) is 0 Å². The Bertz CT molecular complexity index is 1170. The van der Waals surface area contributed by atoms with Gasteiger partial charge in [0.25, 0.3) is 5.91 Å². The number of hydrogen-bond acceptors (Lipinski definition) is 6. The highest BCUT2D eigenvalue weighted by Gasteiger charge is 2.37. The minimum Gasteiger partial charge on any atom is -0.336 e. The summed E-state index contributed by atoms with van der Waals surface area (Å²) in [5.74, 6) is -0.195. The quantitative estimate of drug-likeness (QED) is 0.462. The smallest absolute Gasteiger partial charge is 0.336 e. The number of aromatic nitrogens is 2. The molecule has 2 aromatic rings. The average molecular weight is 562 g/mol. The second-order valence-corrected chi connectivity index (χ2v) is 11.0. The number of nitrogens with one attached hydrogen (secondary N) is 3. The fourth-order valence-corrected chi connectivity index (χ4v) is 5.25. The van der Waals surface area contributed by atoms with E-state index >= 15 is 0 Å². The molecule has 2 fully saturated rings. The van der Waals surface area contributed by atoms with E-state index in [-0.39, 0.29) is 48.0 Å². The number of urea groups is 1. The van der Waals surface area contributed by atoms with Crippen LogP contribution in [0.15, 0.2) is 30.5 Å². The summed E-state index contributed by atoms with van der Waals surface area (Å²) >= 11 is 0. The summed E-state index contributed by atoms with van der Waals surface area (Å²) < 4.78 is 41.7. The van der Waals surface area contributed by atoms with Crippen molar-refractivity contribution in [3.05, 3.63) is 47.3 Å². The molecule has 1 aromatic carbocycles. The van der Waals surface area contributed by atoms with E-state index in [0.29, 0.717) is 37.2 Å². The van der Waals surface area contributed by atoms with Crippen LogP contribution >= 0.6 is 0 Å². The zero-order chi connectivity index (χ0) is 28.9. The van der Waals surface area contributed by atoms with Crippen molar-refractivity contribution in [3.8, 4) is 0 Å². The fourth-order valence-electron chi connectivity index (χ4n) is 5.25. The van der Waals surface area contributed by atoms with Crippen LogP contribution in [0.1, 0.15) is 61.1 Å². The first-order valence-corrected chi connectivity index (χ1v) is 13.8. The van der Waals surface area contributed by atoms with Gasteiger partial charge in [-0.15, -0.1) is 0 Å². The number of likely N-dealkylation sites (N-methyl/N-ethyl adjacent to an activating group) is 1. The Kier molecular flexibility index (Phi) is 9.49. The van der Waals surface area contributed by atoms with Crippen LogP contribution in [0.25, 0.3) is 0 Å². The monoisotopic (exact) mass is 561 g/mol. The molecule has 2 heterocycles. The van der Waals surface area contributed by atoms with Gasteiger partial charge in [-0.25, -0.2) is 14.8 Å². The summed E-state index contributed by atoms with van der Waals surface area (Å²) in [7, 11) is 2.02. The van der Waals surface area contributed by atoms with Crippen LogP contribution in [-0.2, 0) is 12.6 Å². The van der Waals surface area contributed by atoms with E-state index in [0.717, 1.165) is 32.1 Å². The number of carbonyl (C=O) groups excluding carboxylic acids is 2. The van der Waals surface area contributed by atoms with Crippen LogP contribution in [0.3, 0.4) is 0 Å². The maximum atomic E-state index is 13.9. The van der Waals surface area contributed by atoms with Crippen LogP contribution in [0.4, 0.5) is 29.6 Å². The predicted octanol–water partition coefficient (Wildman–Crippen LogP) is 4.44. The Hall–Kier alpha value is -3.41. The van der Waals surface area contributed by atoms with E-state index in [2.05, 4.69) is 30.8 Å². The van der Waals surface area contributed by atoms with Crippen molar-refractivity contribution in [2.45, 2.75) is 64.2 Å². The molecule has 0 bridgehead atoms. The summed E-state index contributed by atoms with van der Waals surface area (Å²) in [6, 6.07) is 6.15. The van der Waals surface area contributed by atoms with E-state index < -0.39 is 11.7 Å². The molecule has 0 radical (unpaired) electrons. The first-order chi connectivity index (χ1) is 19.0. The topological polar surface area (TPSA) is 102 Å². The number of nitrogens with zero attached hydrogens (tertiary/aromatic N) is 4. The van der Waals surface area contributed by atoms with Gasteiger partial charge in [-0.1, -0.05) is 12.8 Å². The zero-order valence-corrected chi connectivity index (χ0v) is 23.2. The first kappa shape index (κ1) is 29.6.